The van der Waals surface area contributed by atoms with Gasteiger partial charge in [-0.05, 0) is 36.8 Å². The van der Waals surface area contributed by atoms with E-state index in [0.29, 0.717) is 11.5 Å². The molecular weight excluding hydrogens is 326 g/mol. The van der Waals surface area contributed by atoms with Gasteiger partial charge in [0.05, 0.1) is 22.1 Å². The summed E-state index contributed by atoms with van der Waals surface area (Å²) in [7, 11) is -3.55. The predicted octanol–water partition coefficient (Wildman–Crippen LogP) is 2.80. The molecule has 0 bridgehead atoms. The third-order valence-electron chi connectivity index (χ3n) is 4.59. The second-order valence-electron chi connectivity index (χ2n) is 6.12. The van der Waals surface area contributed by atoms with Gasteiger partial charge in [-0.25, -0.2) is 8.42 Å². The van der Waals surface area contributed by atoms with Gasteiger partial charge in [0, 0.05) is 5.92 Å². The number of aryl methyl sites for hydroxylation is 1. The lowest BCUT2D eigenvalue weighted by Crippen LogP contribution is -2.10. The van der Waals surface area contributed by atoms with E-state index in [0.717, 1.165) is 11.1 Å². The maximum atomic E-state index is 12.9. The maximum absolute atomic E-state index is 12.9. The molecule has 0 saturated heterocycles. The Kier molecular flexibility index (Phi) is 3.29. The average molecular weight is 341 g/mol. The normalized spacial score (nSPS) is 24.4. The third-order valence-corrected chi connectivity index (χ3v) is 6.82. The Morgan fingerprint density at radius 2 is 1.79 bits per heavy atom. The van der Waals surface area contributed by atoms with Crippen molar-refractivity contribution in [2.24, 2.45) is 5.92 Å². The molecule has 0 unspecified atom stereocenters. The SMILES string of the molecule is Cc1ccc(S(=O)(=O)[C@@H]2[C@H](C#N)[C@@H]2c2ccc3c(c2)OCO3)cc1. The zero-order chi connectivity index (χ0) is 16.9. The van der Waals surface area contributed by atoms with Gasteiger partial charge in [-0.15, -0.1) is 0 Å². The Morgan fingerprint density at radius 3 is 2.50 bits per heavy atom. The minimum atomic E-state index is -3.55. The van der Waals surface area contributed by atoms with Gasteiger partial charge in [-0.2, -0.15) is 5.26 Å². The Balaban J connectivity index is 1.69. The third kappa shape index (κ3) is 2.24. The number of nitriles is 1. The molecule has 0 aromatic heterocycles. The summed E-state index contributed by atoms with van der Waals surface area (Å²) in [4.78, 5) is 0.265. The van der Waals surface area contributed by atoms with Gasteiger partial charge >= 0.3 is 0 Å². The Labute approximate surface area is 140 Å². The van der Waals surface area contributed by atoms with Crippen LogP contribution in [0.5, 0.6) is 11.5 Å². The maximum Gasteiger partial charge on any atom is 0.231 e. The van der Waals surface area contributed by atoms with Crippen LogP contribution in [0.15, 0.2) is 47.4 Å². The van der Waals surface area contributed by atoms with E-state index in [1.54, 1.807) is 36.4 Å². The summed E-state index contributed by atoms with van der Waals surface area (Å²) in [5, 5.41) is 8.67. The molecule has 0 radical (unpaired) electrons. The number of rotatable bonds is 3. The van der Waals surface area contributed by atoms with Gasteiger partial charge in [0.25, 0.3) is 0 Å². The van der Waals surface area contributed by atoms with Gasteiger partial charge in [-0.3, -0.25) is 0 Å². The fraction of sp³-hybridized carbons (Fsp3) is 0.278. The van der Waals surface area contributed by atoms with E-state index in [2.05, 4.69) is 6.07 Å². The van der Waals surface area contributed by atoms with Crippen molar-refractivity contribution >= 4 is 9.84 Å². The van der Waals surface area contributed by atoms with Crippen LogP contribution in [0.3, 0.4) is 0 Å². The Morgan fingerprint density at radius 1 is 1.08 bits per heavy atom. The van der Waals surface area contributed by atoms with Crippen LogP contribution in [-0.2, 0) is 9.84 Å². The van der Waals surface area contributed by atoms with Crippen LogP contribution in [0.4, 0.5) is 0 Å². The van der Waals surface area contributed by atoms with Crippen molar-refractivity contribution in [2.45, 2.75) is 23.0 Å². The smallest absolute Gasteiger partial charge is 0.231 e. The molecule has 1 heterocycles. The molecule has 0 spiro atoms. The molecular formula is C18H15NO4S. The van der Waals surface area contributed by atoms with Crippen molar-refractivity contribution in [3.05, 3.63) is 53.6 Å². The number of benzene rings is 2. The largest absolute Gasteiger partial charge is 0.454 e. The molecule has 2 aliphatic rings. The molecule has 122 valence electrons. The van der Waals surface area contributed by atoms with Crippen LogP contribution < -0.4 is 9.47 Å². The molecule has 4 rings (SSSR count). The molecule has 2 aromatic carbocycles. The molecule has 6 heteroatoms. The monoisotopic (exact) mass is 341 g/mol. The first-order valence-corrected chi connectivity index (χ1v) is 9.17. The zero-order valence-electron chi connectivity index (χ0n) is 13.0. The highest BCUT2D eigenvalue weighted by Crippen LogP contribution is 2.54. The van der Waals surface area contributed by atoms with E-state index in [1.807, 2.05) is 13.0 Å². The molecule has 0 N–H and O–H groups in total. The summed E-state index contributed by atoms with van der Waals surface area (Å²) in [6, 6.07) is 14.2. The highest BCUT2D eigenvalue weighted by molar-refractivity contribution is 7.92. The summed E-state index contributed by atoms with van der Waals surface area (Å²) in [6.07, 6.45) is 0. The van der Waals surface area contributed by atoms with Crippen LogP contribution in [0, 0.1) is 24.2 Å². The summed E-state index contributed by atoms with van der Waals surface area (Å²) in [5.41, 5.74) is 1.79. The Hall–Kier alpha value is -2.52. The topological polar surface area (TPSA) is 76.4 Å². The second-order valence-corrected chi connectivity index (χ2v) is 8.22. The molecule has 1 fully saturated rings. The first kappa shape index (κ1) is 15.0. The molecule has 3 atom stereocenters. The highest BCUT2D eigenvalue weighted by Gasteiger charge is 2.59. The van der Waals surface area contributed by atoms with Crippen LogP contribution >= 0.6 is 0 Å². The summed E-state index contributed by atoms with van der Waals surface area (Å²) in [6.45, 7) is 2.07. The van der Waals surface area contributed by atoms with E-state index in [9.17, 15) is 13.7 Å². The standard InChI is InChI=1S/C18H15NO4S/c1-11-2-5-13(6-3-11)24(20,21)18-14(9-19)17(18)12-4-7-15-16(8-12)23-10-22-15/h2-8,14,17-18H,10H2,1H3/t14-,17+,18-/m1/s1. The van der Waals surface area contributed by atoms with Crippen LogP contribution in [0.25, 0.3) is 0 Å². The van der Waals surface area contributed by atoms with E-state index >= 15 is 0 Å². The lowest BCUT2D eigenvalue weighted by Gasteiger charge is -2.05. The van der Waals surface area contributed by atoms with Gasteiger partial charge in [-0.1, -0.05) is 23.8 Å². The number of sulfone groups is 1. The van der Waals surface area contributed by atoms with E-state index < -0.39 is 21.0 Å². The molecule has 24 heavy (non-hydrogen) atoms. The lowest BCUT2D eigenvalue weighted by atomic mass is 10.1. The van der Waals surface area contributed by atoms with Crippen molar-refractivity contribution in [1.82, 2.24) is 0 Å². The zero-order valence-corrected chi connectivity index (χ0v) is 13.8. The van der Waals surface area contributed by atoms with E-state index in [1.165, 1.54) is 0 Å². The number of hydrogen-bond acceptors (Lipinski definition) is 5. The number of ether oxygens (including phenoxy) is 2. The average Bonchev–Trinajstić information content (AvgIpc) is 3.15. The van der Waals surface area contributed by atoms with E-state index in [4.69, 9.17) is 9.47 Å². The van der Waals surface area contributed by atoms with Crippen molar-refractivity contribution in [1.29, 1.82) is 5.26 Å². The quantitative estimate of drug-likeness (QED) is 0.858. The highest BCUT2D eigenvalue weighted by atomic mass is 32.2. The van der Waals surface area contributed by atoms with Crippen LogP contribution in [-0.4, -0.2) is 20.5 Å². The van der Waals surface area contributed by atoms with E-state index in [-0.39, 0.29) is 17.6 Å². The molecule has 1 aliphatic carbocycles. The summed E-state index contributed by atoms with van der Waals surface area (Å²) in [5.74, 6) is 0.362. The van der Waals surface area contributed by atoms with Crippen molar-refractivity contribution in [3.8, 4) is 17.6 Å². The number of nitrogens with zero attached hydrogens (tertiary/aromatic N) is 1. The van der Waals surface area contributed by atoms with Gasteiger partial charge in [0.1, 0.15) is 0 Å². The fourth-order valence-corrected chi connectivity index (χ4v) is 5.29. The summed E-state index contributed by atoms with van der Waals surface area (Å²) < 4.78 is 36.4. The van der Waals surface area contributed by atoms with Crippen molar-refractivity contribution in [3.63, 3.8) is 0 Å². The molecule has 5 nitrogen and oxygen atoms in total. The molecule has 1 saturated carbocycles. The van der Waals surface area contributed by atoms with Crippen LogP contribution in [0.2, 0.25) is 0 Å². The first-order chi connectivity index (χ1) is 11.5. The minimum Gasteiger partial charge on any atom is -0.454 e. The Bertz CT molecular complexity index is 944. The molecule has 0 amide bonds. The van der Waals surface area contributed by atoms with Crippen molar-refractivity contribution in [2.75, 3.05) is 6.79 Å². The van der Waals surface area contributed by atoms with Gasteiger partial charge < -0.3 is 9.47 Å². The molecule has 1 aliphatic heterocycles. The number of hydrogen-bond donors (Lipinski definition) is 0. The second kappa shape index (κ2) is 5.25. The minimum absolute atomic E-state index is 0.163. The molecule has 2 aromatic rings. The predicted molar refractivity (Wildman–Crippen MR) is 86.6 cm³/mol. The van der Waals surface area contributed by atoms with Crippen molar-refractivity contribution < 1.29 is 17.9 Å². The lowest BCUT2D eigenvalue weighted by molar-refractivity contribution is 0.174. The van der Waals surface area contributed by atoms with Crippen LogP contribution in [0.1, 0.15) is 17.0 Å². The number of fused-ring (bicyclic) bond motifs is 1. The summed E-state index contributed by atoms with van der Waals surface area (Å²) >= 11 is 0. The fourth-order valence-electron chi connectivity index (χ4n) is 3.23. The van der Waals surface area contributed by atoms with Gasteiger partial charge in [0.15, 0.2) is 21.3 Å². The first-order valence-electron chi connectivity index (χ1n) is 7.62. The van der Waals surface area contributed by atoms with Gasteiger partial charge in [0.2, 0.25) is 6.79 Å².